The summed E-state index contributed by atoms with van der Waals surface area (Å²) in [4.78, 5) is 0.201. The zero-order valence-electron chi connectivity index (χ0n) is 12.1. The van der Waals surface area contributed by atoms with Crippen molar-refractivity contribution < 1.29 is 18.1 Å². The summed E-state index contributed by atoms with van der Waals surface area (Å²) >= 11 is 0. The highest BCUT2D eigenvalue weighted by molar-refractivity contribution is 7.92. The van der Waals surface area contributed by atoms with E-state index in [4.69, 9.17) is 4.65 Å². The van der Waals surface area contributed by atoms with Gasteiger partial charge in [-0.1, -0.05) is 23.8 Å². The predicted molar refractivity (Wildman–Crippen MR) is 85.7 cm³/mol. The molecule has 0 aliphatic carbocycles. The molecule has 22 heavy (non-hydrogen) atoms. The smallest absolute Gasteiger partial charge is 0.423 e. The average molecular weight is 317 g/mol. The number of hydrogen-bond donors (Lipinski definition) is 2. The number of anilines is 1. The van der Waals surface area contributed by atoms with E-state index in [1.165, 1.54) is 0 Å². The number of sulfonamides is 1. The topological polar surface area (TPSA) is 75.6 Å². The molecule has 7 heteroatoms. The fourth-order valence-electron chi connectivity index (χ4n) is 2.42. The molecule has 1 aliphatic heterocycles. The van der Waals surface area contributed by atoms with Crippen LogP contribution < -0.4 is 10.2 Å². The third kappa shape index (κ3) is 3.01. The van der Waals surface area contributed by atoms with Gasteiger partial charge in [0.1, 0.15) is 0 Å². The average Bonchev–Trinajstić information content (AvgIpc) is 2.48. The third-order valence-corrected chi connectivity index (χ3v) is 5.04. The molecule has 3 rings (SSSR count). The zero-order valence-corrected chi connectivity index (χ0v) is 12.9. The summed E-state index contributed by atoms with van der Waals surface area (Å²) in [6.07, 6.45) is 0.706. The Morgan fingerprint density at radius 2 is 1.91 bits per heavy atom. The van der Waals surface area contributed by atoms with Crippen molar-refractivity contribution in [2.45, 2.75) is 18.2 Å². The number of hydrogen-bond acceptors (Lipinski definition) is 4. The lowest BCUT2D eigenvalue weighted by Gasteiger charge is -2.20. The number of nitrogens with one attached hydrogen (secondary N) is 1. The van der Waals surface area contributed by atoms with Crippen LogP contribution in [0.1, 0.15) is 11.1 Å². The Bertz CT molecular complexity index is 790. The molecule has 0 spiro atoms. The molecule has 0 aromatic heterocycles. The molecule has 5 nitrogen and oxygen atoms in total. The van der Waals surface area contributed by atoms with Crippen molar-refractivity contribution in [1.29, 1.82) is 0 Å². The van der Waals surface area contributed by atoms with Crippen molar-refractivity contribution in [3.8, 4) is 0 Å². The van der Waals surface area contributed by atoms with Crippen LogP contribution in [0.15, 0.2) is 47.4 Å². The summed E-state index contributed by atoms with van der Waals surface area (Å²) < 4.78 is 32.4. The van der Waals surface area contributed by atoms with Gasteiger partial charge in [0.2, 0.25) is 0 Å². The van der Waals surface area contributed by atoms with E-state index in [0.29, 0.717) is 24.2 Å². The third-order valence-electron chi connectivity index (χ3n) is 3.64. The fourth-order valence-corrected chi connectivity index (χ4v) is 3.47. The van der Waals surface area contributed by atoms with E-state index in [0.717, 1.165) is 11.1 Å². The van der Waals surface area contributed by atoms with Gasteiger partial charge in [0.25, 0.3) is 10.0 Å². The van der Waals surface area contributed by atoms with Crippen LogP contribution in [0.2, 0.25) is 0 Å². The summed E-state index contributed by atoms with van der Waals surface area (Å²) in [5, 5.41) is 9.83. The van der Waals surface area contributed by atoms with E-state index >= 15 is 0 Å². The zero-order chi connectivity index (χ0) is 15.7. The summed E-state index contributed by atoms with van der Waals surface area (Å²) in [6, 6.07) is 11.8. The quantitative estimate of drug-likeness (QED) is 0.830. The first-order valence-electron chi connectivity index (χ1n) is 6.98. The molecule has 0 radical (unpaired) electrons. The van der Waals surface area contributed by atoms with Gasteiger partial charge in [0.15, 0.2) is 0 Å². The molecule has 0 atom stereocenters. The lowest BCUT2D eigenvalue weighted by molar-refractivity contribution is 0.266. The lowest BCUT2D eigenvalue weighted by atomic mass is 9.73. The molecule has 0 saturated carbocycles. The number of benzene rings is 2. The van der Waals surface area contributed by atoms with Crippen LogP contribution in [0.3, 0.4) is 0 Å². The molecule has 2 aromatic rings. The van der Waals surface area contributed by atoms with Gasteiger partial charge in [0.05, 0.1) is 4.90 Å². The van der Waals surface area contributed by atoms with E-state index in [-0.39, 0.29) is 4.90 Å². The Hall–Kier alpha value is -1.83. The Balaban J connectivity index is 1.89. The van der Waals surface area contributed by atoms with E-state index < -0.39 is 17.1 Å². The Labute approximate surface area is 130 Å². The molecule has 114 valence electrons. The van der Waals surface area contributed by atoms with Gasteiger partial charge >= 0.3 is 7.12 Å². The van der Waals surface area contributed by atoms with Crippen molar-refractivity contribution in [1.82, 2.24) is 0 Å². The molecule has 0 amide bonds. The fraction of sp³-hybridized carbons (Fsp3) is 0.200. The van der Waals surface area contributed by atoms with Crippen LogP contribution in [0.25, 0.3) is 0 Å². The molecule has 0 unspecified atom stereocenters. The van der Waals surface area contributed by atoms with E-state index in [1.54, 1.807) is 36.4 Å². The maximum Gasteiger partial charge on any atom is 0.491 e. The highest BCUT2D eigenvalue weighted by Gasteiger charge is 2.25. The highest BCUT2D eigenvalue weighted by atomic mass is 32.2. The standard InChI is InChI=1S/C15H16BNO4S/c1-11-2-6-14(7-3-11)22(19,20)17-13-5-4-12-8-9-21-16(18)15(12)10-13/h2-7,10,17-18H,8-9H2,1H3. The second-order valence-electron chi connectivity index (χ2n) is 5.31. The van der Waals surface area contributed by atoms with Crippen LogP contribution >= 0.6 is 0 Å². The van der Waals surface area contributed by atoms with Gasteiger partial charge in [-0.3, -0.25) is 4.72 Å². The molecule has 1 heterocycles. The van der Waals surface area contributed by atoms with Crippen molar-refractivity contribution in [2.75, 3.05) is 11.3 Å². The minimum absolute atomic E-state index is 0.201. The van der Waals surface area contributed by atoms with Crippen molar-refractivity contribution in [3.05, 3.63) is 53.6 Å². The van der Waals surface area contributed by atoms with Crippen molar-refractivity contribution in [3.63, 3.8) is 0 Å². The molecule has 0 saturated heterocycles. The first-order chi connectivity index (χ1) is 10.5. The first-order valence-corrected chi connectivity index (χ1v) is 8.46. The number of aryl methyl sites for hydroxylation is 1. The Morgan fingerprint density at radius 1 is 1.18 bits per heavy atom. The van der Waals surface area contributed by atoms with Crippen molar-refractivity contribution in [2.24, 2.45) is 0 Å². The van der Waals surface area contributed by atoms with E-state index in [9.17, 15) is 13.4 Å². The largest absolute Gasteiger partial charge is 0.491 e. The molecular formula is C15H16BNO4S. The van der Waals surface area contributed by atoms with Crippen LogP contribution in [0.5, 0.6) is 0 Å². The Morgan fingerprint density at radius 3 is 2.64 bits per heavy atom. The van der Waals surface area contributed by atoms with Gasteiger partial charge < -0.3 is 9.68 Å². The number of rotatable bonds is 3. The SMILES string of the molecule is Cc1ccc(S(=O)(=O)Nc2ccc3c(c2)B(O)OCC3)cc1. The second-order valence-corrected chi connectivity index (χ2v) is 6.99. The normalized spacial score (nSPS) is 14.5. The minimum Gasteiger partial charge on any atom is -0.423 e. The summed E-state index contributed by atoms with van der Waals surface area (Å²) in [5.41, 5.74) is 2.98. The summed E-state index contributed by atoms with van der Waals surface area (Å²) in [5.74, 6) is 0. The Kier molecular flexibility index (Phi) is 3.95. The highest BCUT2D eigenvalue weighted by Crippen LogP contribution is 2.18. The van der Waals surface area contributed by atoms with Crippen molar-refractivity contribution >= 4 is 28.3 Å². The summed E-state index contributed by atoms with van der Waals surface area (Å²) in [7, 11) is -4.65. The van der Waals surface area contributed by atoms with Crippen LogP contribution in [-0.4, -0.2) is 27.2 Å². The van der Waals surface area contributed by atoms with Crippen LogP contribution in [-0.2, 0) is 21.1 Å². The van der Waals surface area contributed by atoms with Crippen LogP contribution in [0.4, 0.5) is 5.69 Å². The van der Waals surface area contributed by atoms with Gasteiger partial charge in [-0.05, 0) is 48.6 Å². The molecule has 2 aromatic carbocycles. The first kappa shape index (κ1) is 15.1. The minimum atomic E-state index is -3.65. The van der Waals surface area contributed by atoms with Gasteiger partial charge in [-0.25, -0.2) is 8.42 Å². The van der Waals surface area contributed by atoms with Gasteiger partial charge in [0, 0.05) is 12.3 Å². The summed E-state index contributed by atoms with van der Waals surface area (Å²) in [6.45, 7) is 2.36. The lowest BCUT2D eigenvalue weighted by Crippen LogP contribution is -2.41. The molecule has 0 fully saturated rings. The molecular weight excluding hydrogens is 301 g/mol. The van der Waals surface area contributed by atoms with Crippen LogP contribution in [0, 0.1) is 6.92 Å². The second kappa shape index (κ2) is 5.76. The molecule has 2 N–H and O–H groups in total. The molecule has 0 bridgehead atoms. The van der Waals surface area contributed by atoms with Gasteiger partial charge in [-0.2, -0.15) is 0 Å². The maximum atomic E-state index is 12.4. The van der Waals surface area contributed by atoms with E-state index in [2.05, 4.69) is 4.72 Å². The van der Waals surface area contributed by atoms with E-state index in [1.807, 2.05) is 13.0 Å². The molecule has 1 aliphatic rings. The maximum absolute atomic E-state index is 12.4. The van der Waals surface area contributed by atoms with Gasteiger partial charge in [-0.15, -0.1) is 0 Å². The monoisotopic (exact) mass is 317 g/mol. The predicted octanol–water partition coefficient (Wildman–Crippen LogP) is 1.06. The number of fused-ring (bicyclic) bond motifs is 1.